The molecule has 0 radical (unpaired) electrons. The van der Waals surface area contributed by atoms with Gasteiger partial charge in [0, 0.05) is 24.0 Å². The van der Waals surface area contributed by atoms with Crippen LogP contribution in [0.25, 0.3) is 10.9 Å². The highest BCUT2D eigenvalue weighted by Crippen LogP contribution is 2.24. The van der Waals surface area contributed by atoms with Gasteiger partial charge in [0.2, 0.25) is 5.88 Å². The van der Waals surface area contributed by atoms with Crippen molar-refractivity contribution in [3.05, 3.63) is 90.1 Å². The summed E-state index contributed by atoms with van der Waals surface area (Å²) in [6.45, 7) is 2.05. The molecule has 4 rings (SSSR count). The highest BCUT2D eigenvalue weighted by Gasteiger charge is 2.13. The second-order valence-electron chi connectivity index (χ2n) is 6.52. The highest BCUT2D eigenvalue weighted by molar-refractivity contribution is 6.09. The molecule has 1 aromatic carbocycles. The Hall–Kier alpha value is -4.00. The molecule has 1 atom stereocenters. The zero-order chi connectivity index (χ0) is 20.2. The molecular weight excluding hydrogens is 366 g/mol. The standard InChI is InChI=1S/C22H19N5O2/c1-14(15-5-3-2-4-6-15)25-12-16-11-17(7-8-19(16)23)29-22-26-20-13-24-10-9-18(20)21(28)27-22/h2-14,23,25H,1H3,(H,26,27,28)/b16-12-,23-19?. The van der Waals surface area contributed by atoms with Crippen LogP contribution in [0.5, 0.6) is 11.9 Å². The summed E-state index contributed by atoms with van der Waals surface area (Å²) in [5.74, 6) is 0.290. The lowest BCUT2D eigenvalue weighted by Crippen LogP contribution is -2.15. The number of aromatic hydroxyl groups is 1. The third-order valence-electron chi connectivity index (χ3n) is 4.48. The van der Waals surface area contributed by atoms with Crippen LogP contribution < -0.4 is 10.1 Å². The van der Waals surface area contributed by atoms with Crippen LogP contribution in [0.4, 0.5) is 0 Å². The minimum Gasteiger partial charge on any atom is -0.493 e. The molecule has 2 heterocycles. The van der Waals surface area contributed by atoms with Crippen LogP contribution in [0.2, 0.25) is 0 Å². The summed E-state index contributed by atoms with van der Waals surface area (Å²) in [5, 5.41) is 22.0. The Kier molecular flexibility index (Phi) is 5.03. The number of nitrogens with zero attached hydrogens (tertiary/aromatic N) is 3. The molecule has 0 aliphatic heterocycles. The smallest absolute Gasteiger partial charge is 0.325 e. The molecule has 0 saturated carbocycles. The Labute approximate surface area is 167 Å². The summed E-state index contributed by atoms with van der Waals surface area (Å²) >= 11 is 0. The second-order valence-corrected chi connectivity index (χ2v) is 6.52. The number of ether oxygens (including phenoxy) is 1. The van der Waals surface area contributed by atoms with E-state index in [-0.39, 0.29) is 17.9 Å². The van der Waals surface area contributed by atoms with E-state index < -0.39 is 0 Å². The molecule has 144 valence electrons. The fraction of sp³-hybridized carbons (Fsp3) is 0.0909. The Morgan fingerprint density at radius 1 is 1.14 bits per heavy atom. The van der Waals surface area contributed by atoms with E-state index in [4.69, 9.17) is 10.1 Å². The van der Waals surface area contributed by atoms with E-state index in [1.807, 2.05) is 30.3 Å². The molecule has 1 aliphatic rings. The van der Waals surface area contributed by atoms with Crippen LogP contribution >= 0.6 is 0 Å². The molecule has 2 aromatic heterocycles. The lowest BCUT2D eigenvalue weighted by molar-refractivity contribution is 0.389. The van der Waals surface area contributed by atoms with Gasteiger partial charge in [-0.2, -0.15) is 9.97 Å². The molecule has 0 bridgehead atoms. The van der Waals surface area contributed by atoms with Crippen molar-refractivity contribution in [3.8, 4) is 11.9 Å². The molecule has 0 amide bonds. The van der Waals surface area contributed by atoms with Crippen LogP contribution in [0.3, 0.4) is 0 Å². The first-order valence-electron chi connectivity index (χ1n) is 9.08. The summed E-state index contributed by atoms with van der Waals surface area (Å²) in [7, 11) is 0. The maximum atomic E-state index is 10.1. The van der Waals surface area contributed by atoms with Crippen molar-refractivity contribution in [3.63, 3.8) is 0 Å². The van der Waals surface area contributed by atoms with Gasteiger partial charge >= 0.3 is 6.01 Å². The number of nitrogens with one attached hydrogen (secondary N) is 2. The first kappa shape index (κ1) is 18.4. The van der Waals surface area contributed by atoms with E-state index >= 15 is 0 Å². The van der Waals surface area contributed by atoms with Gasteiger partial charge in [0.25, 0.3) is 0 Å². The zero-order valence-corrected chi connectivity index (χ0v) is 15.7. The maximum absolute atomic E-state index is 10.1. The Bertz CT molecular complexity index is 1150. The van der Waals surface area contributed by atoms with Gasteiger partial charge in [-0.1, -0.05) is 30.3 Å². The Morgan fingerprint density at radius 2 is 1.97 bits per heavy atom. The summed E-state index contributed by atoms with van der Waals surface area (Å²) in [6, 6.07) is 11.8. The predicted molar refractivity (Wildman–Crippen MR) is 111 cm³/mol. The van der Waals surface area contributed by atoms with E-state index in [1.54, 1.807) is 36.7 Å². The Morgan fingerprint density at radius 3 is 2.79 bits per heavy atom. The normalized spacial score (nSPS) is 16.0. The number of rotatable bonds is 5. The van der Waals surface area contributed by atoms with Crippen molar-refractivity contribution in [2.75, 3.05) is 0 Å². The SMILES string of the molecule is CC(N/C=C1/C=C(Oc2nc(O)c3ccncc3n2)C=CC1=N)c1ccccc1. The van der Waals surface area contributed by atoms with E-state index in [0.29, 0.717) is 27.9 Å². The second kappa shape index (κ2) is 7.93. The lowest BCUT2D eigenvalue weighted by Gasteiger charge is -2.15. The van der Waals surface area contributed by atoms with Crippen LogP contribution in [-0.4, -0.2) is 25.8 Å². The molecular formula is C22H19N5O2. The van der Waals surface area contributed by atoms with Gasteiger partial charge in [-0.3, -0.25) is 4.98 Å². The molecule has 1 aliphatic carbocycles. The molecule has 7 heteroatoms. The van der Waals surface area contributed by atoms with Crippen molar-refractivity contribution in [1.82, 2.24) is 20.3 Å². The van der Waals surface area contributed by atoms with Crippen LogP contribution in [0, 0.1) is 5.41 Å². The number of allylic oxidation sites excluding steroid dienone is 4. The molecule has 7 nitrogen and oxygen atoms in total. The molecule has 0 saturated heterocycles. The fourth-order valence-electron chi connectivity index (χ4n) is 2.87. The summed E-state index contributed by atoms with van der Waals surface area (Å²) in [4.78, 5) is 12.3. The van der Waals surface area contributed by atoms with Crippen molar-refractivity contribution >= 4 is 16.6 Å². The van der Waals surface area contributed by atoms with Crippen molar-refractivity contribution < 1.29 is 9.84 Å². The average Bonchev–Trinajstić information content (AvgIpc) is 2.74. The molecule has 3 N–H and O–H groups in total. The predicted octanol–water partition coefficient (Wildman–Crippen LogP) is 3.82. The molecule has 0 fully saturated rings. The van der Waals surface area contributed by atoms with Crippen LogP contribution in [0.1, 0.15) is 18.5 Å². The van der Waals surface area contributed by atoms with Gasteiger partial charge in [-0.15, -0.1) is 0 Å². The number of benzene rings is 1. The average molecular weight is 385 g/mol. The van der Waals surface area contributed by atoms with Gasteiger partial charge in [-0.25, -0.2) is 0 Å². The van der Waals surface area contributed by atoms with Gasteiger partial charge in [0.15, 0.2) is 0 Å². The largest absolute Gasteiger partial charge is 0.493 e. The van der Waals surface area contributed by atoms with Crippen LogP contribution in [-0.2, 0) is 0 Å². The first-order chi connectivity index (χ1) is 14.1. The van der Waals surface area contributed by atoms with E-state index in [1.165, 1.54) is 6.20 Å². The van der Waals surface area contributed by atoms with Crippen molar-refractivity contribution in [2.24, 2.45) is 0 Å². The molecule has 3 aromatic rings. The number of hydrogen-bond donors (Lipinski definition) is 3. The fourth-order valence-corrected chi connectivity index (χ4v) is 2.87. The van der Waals surface area contributed by atoms with Gasteiger partial charge in [-0.05, 0) is 36.8 Å². The van der Waals surface area contributed by atoms with E-state index in [0.717, 1.165) is 5.56 Å². The molecule has 1 unspecified atom stereocenters. The Balaban J connectivity index is 1.54. The van der Waals surface area contributed by atoms with Crippen molar-refractivity contribution in [1.29, 1.82) is 5.41 Å². The number of hydrogen-bond acceptors (Lipinski definition) is 7. The lowest BCUT2D eigenvalue weighted by atomic mass is 10.0. The zero-order valence-electron chi connectivity index (χ0n) is 15.7. The highest BCUT2D eigenvalue weighted by atomic mass is 16.5. The molecule has 0 spiro atoms. The minimum atomic E-state index is -0.172. The number of fused-ring (bicyclic) bond motifs is 1. The van der Waals surface area contributed by atoms with Gasteiger partial charge < -0.3 is 20.6 Å². The topological polar surface area (TPSA) is 104 Å². The monoisotopic (exact) mass is 385 g/mol. The molecule has 29 heavy (non-hydrogen) atoms. The quantitative estimate of drug-likeness (QED) is 0.617. The maximum Gasteiger partial charge on any atom is 0.325 e. The minimum absolute atomic E-state index is 0.0114. The summed E-state index contributed by atoms with van der Waals surface area (Å²) < 4.78 is 5.71. The van der Waals surface area contributed by atoms with Gasteiger partial charge in [0.05, 0.1) is 22.8 Å². The summed E-state index contributed by atoms with van der Waals surface area (Å²) in [6.07, 6.45) is 9.90. The number of pyridine rings is 1. The van der Waals surface area contributed by atoms with E-state index in [2.05, 4.69) is 27.2 Å². The van der Waals surface area contributed by atoms with Crippen LogP contribution in [0.15, 0.2) is 84.6 Å². The van der Waals surface area contributed by atoms with E-state index in [9.17, 15) is 5.11 Å². The summed E-state index contributed by atoms with van der Waals surface area (Å²) in [5.41, 5.74) is 2.65. The third-order valence-corrected chi connectivity index (χ3v) is 4.48. The number of aromatic nitrogens is 3. The first-order valence-corrected chi connectivity index (χ1v) is 9.08. The third kappa shape index (κ3) is 4.14. The van der Waals surface area contributed by atoms with Gasteiger partial charge in [0.1, 0.15) is 5.76 Å². The van der Waals surface area contributed by atoms with Crippen molar-refractivity contribution in [2.45, 2.75) is 13.0 Å².